The van der Waals surface area contributed by atoms with E-state index in [9.17, 15) is 9.59 Å². The van der Waals surface area contributed by atoms with E-state index < -0.39 is 0 Å². The molecule has 1 fully saturated rings. The number of methoxy groups -OCH3 is 1. The van der Waals surface area contributed by atoms with E-state index in [4.69, 9.17) is 4.74 Å². The Labute approximate surface area is 214 Å². The fraction of sp³-hybridized carbons (Fsp3) is 0.387. The first-order chi connectivity index (χ1) is 17.5. The van der Waals surface area contributed by atoms with Crippen LogP contribution >= 0.6 is 0 Å². The highest BCUT2D eigenvalue weighted by Crippen LogP contribution is 2.35. The Morgan fingerprint density at radius 2 is 1.97 bits per heavy atom. The number of hydrogen-bond acceptors (Lipinski definition) is 5. The van der Waals surface area contributed by atoms with Crippen molar-refractivity contribution in [2.24, 2.45) is 16.8 Å². The molecule has 36 heavy (non-hydrogen) atoms. The normalized spacial score (nSPS) is 16.8. The predicted molar refractivity (Wildman–Crippen MR) is 146 cm³/mol. The van der Waals surface area contributed by atoms with Crippen LogP contribution in [0.3, 0.4) is 0 Å². The summed E-state index contributed by atoms with van der Waals surface area (Å²) in [7, 11) is 3.35. The van der Waals surface area contributed by atoms with Gasteiger partial charge in [0.15, 0.2) is 5.78 Å². The Morgan fingerprint density at radius 1 is 1.17 bits per heavy atom. The average Bonchev–Trinajstić information content (AvgIpc) is 2.93. The molecule has 2 aromatic carbocycles. The fourth-order valence-corrected chi connectivity index (χ4v) is 5.40. The monoisotopic (exact) mass is 484 g/mol. The Kier molecular flexibility index (Phi) is 8.52. The number of ketones is 1. The molecular formula is C31H36N2O3. The lowest BCUT2D eigenvalue weighted by molar-refractivity contribution is -0.121. The molecule has 1 atom stereocenters. The average molecular weight is 485 g/mol. The summed E-state index contributed by atoms with van der Waals surface area (Å²) in [6.45, 7) is 4.70. The van der Waals surface area contributed by atoms with Crippen LogP contribution < -0.4 is 0 Å². The minimum atomic E-state index is -0.354. The van der Waals surface area contributed by atoms with Crippen LogP contribution in [0.25, 0.3) is 17.2 Å². The third-order valence-electron chi connectivity index (χ3n) is 7.45. The lowest BCUT2D eigenvalue weighted by Gasteiger charge is -2.30. The zero-order chi connectivity index (χ0) is 25.5. The van der Waals surface area contributed by atoms with Gasteiger partial charge in [0.25, 0.3) is 0 Å². The number of Topliss-reactive ketones (excluding diaryl/α,β-unsaturated/α-hetero) is 1. The van der Waals surface area contributed by atoms with Crippen molar-refractivity contribution < 1.29 is 14.3 Å². The Balaban J connectivity index is 1.57. The molecule has 1 aliphatic heterocycles. The van der Waals surface area contributed by atoms with Crippen LogP contribution in [0.5, 0.6) is 0 Å². The Hall–Kier alpha value is -3.47. The van der Waals surface area contributed by atoms with E-state index in [1.807, 2.05) is 42.3 Å². The van der Waals surface area contributed by atoms with Gasteiger partial charge in [-0.25, -0.2) is 9.79 Å². The summed E-state index contributed by atoms with van der Waals surface area (Å²) >= 11 is 0. The molecular weight excluding hydrogens is 448 g/mol. The van der Waals surface area contributed by atoms with Crippen LogP contribution in [-0.2, 0) is 16.0 Å². The fourth-order valence-electron chi connectivity index (χ4n) is 5.40. The van der Waals surface area contributed by atoms with E-state index in [1.165, 1.54) is 31.9 Å². The quantitative estimate of drug-likeness (QED) is 0.390. The first-order valence-electron chi connectivity index (χ1n) is 12.9. The highest BCUT2D eigenvalue weighted by atomic mass is 16.5. The first-order valence-corrected chi connectivity index (χ1v) is 12.9. The number of likely N-dealkylation sites (N-methyl/N-ethyl adjacent to an activating group) is 1. The van der Waals surface area contributed by atoms with Crippen LogP contribution in [-0.4, -0.2) is 43.7 Å². The van der Waals surface area contributed by atoms with E-state index in [1.54, 1.807) is 12.4 Å². The number of esters is 1. The largest absolute Gasteiger partial charge is 0.465 e. The third kappa shape index (κ3) is 6.01. The van der Waals surface area contributed by atoms with E-state index in [0.717, 1.165) is 48.9 Å². The summed E-state index contributed by atoms with van der Waals surface area (Å²) in [5.41, 5.74) is 5.29. The van der Waals surface area contributed by atoms with Crippen LogP contribution in [0.15, 0.2) is 65.8 Å². The molecule has 5 heteroatoms. The molecule has 4 rings (SSSR count). The molecule has 188 valence electrons. The van der Waals surface area contributed by atoms with Gasteiger partial charge in [0.05, 0.1) is 19.0 Å². The van der Waals surface area contributed by atoms with Crippen LogP contribution in [0.4, 0.5) is 0 Å². The zero-order valence-electron chi connectivity index (χ0n) is 21.4. The molecule has 1 saturated carbocycles. The van der Waals surface area contributed by atoms with Crippen molar-refractivity contribution in [3.63, 3.8) is 0 Å². The molecule has 0 radical (unpaired) electrons. The molecule has 1 unspecified atom stereocenters. The number of nitrogens with zero attached hydrogens (tertiary/aromatic N) is 2. The number of aliphatic imine (C=N–C) groups is 1. The number of rotatable bonds is 9. The first kappa shape index (κ1) is 25.6. The van der Waals surface area contributed by atoms with Crippen molar-refractivity contribution in [1.29, 1.82) is 0 Å². The predicted octanol–water partition coefficient (Wildman–Crippen LogP) is 6.34. The minimum Gasteiger partial charge on any atom is -0.465 e. The highest BCUT2D eigenvalue weighted by Gasteiger charge is 2.31. The maximum absolute atomic E-state index is 13.6. The number of hydrogen-bond donors (Lipinski definition) is 0. The van der Waals surface area contributed by atoms with Crippen molar-refractivity contribution in [2.45, 2.75) is 44.9 Å². The summed E-state index contributed by atoms with van der Waals surface area (Å²) in [5, 5.41) is 0. The summed E-state index contributed by atoms with van der Waals surface area (Å²) in [6, 6.07) is 13.9. The van der Waals surface area contributed by atoms with Gasteiger partial charge in [0.2, 0.25) is 0 Å². The zero-order valence-corrected chi connectivity index (χ0v) is 21.4. The second kappa shape index (κ2) is 12.0. The summed E-state index contributed by atoms with van der Waals surface area (Å²) in [4.78, 5) is 32.1. The number of carbonyl (C=O) groups excluding carboxylic acids is 2. The molecule has 0 aromatic heterocycles. The van der Waals surface area contributed by atoms with Gasteiger partial charge in [-0.15, -0.1) is 0 Å². The highest BCUT2D eigenvalue weighted by molar-refractivity contribution is 5.98. The SMILES string of the molecule is C=Cc1ccc(CCC(C(=O)C2=CCN(C)C=N2)C2CCCCC2)cc1-c1cccc(C(=O)OC)c1. The number of carbonyl (C=O) groups is 2. The Morgan fingerprint density at radius 3 is 2.67 bits per heavy atom. The van der Waals surface area contributed by atoms with Gasteiger partial charge in [-0.2, -0.15) is 0 Å². The minimum absolute atomic E-state index is 0.0118. The smallest absolute Gasteiger partial charge is 0.337 e. The van der Waals surface area contributed by atoms with Gasteiger partial charge in [0.1, 0.15) is 5.70 Å². The van der Waals surface area contributed by atoms with E-state index >= 15 is 0 Å². The van der Waals surface area contributed by atoms with Crippen LogP contribution in [0.1, 0.15) is 60.0 Å². The maximum atomic E-state index is 13.6. The second-order valence-corrected chi connectivity index (χ2v) is 9.88. The number of benzene rings is 2. The van der Waals surface area contributed by atoms with E-state index in [2.05, 4.69) is 29.8 Å². The van der Waals surface area contributed by atoms with Crippen molar-refractivity contribution in [2.75, 3.05) is 20.7 Å². The van der Waals surface area contributed by atoms with Gasteiger partial charge >= 0.3 is 5.97 Å². The van der Waals surface area contributed by atoms with Gasteiger partial charge in [-0.3, -0.25) is 4.79 Å². The summed E-state index contributed by atoms with van der Waals surface area (Å²) in [6.07, 6.45) is 13.1. The Bertz CT molecular complexity index is 1170. The molecule has 0 bridgehead atoms. The van der Waals surface area contributed by atoms with Gasteiger partial charge < -0.3 is 9.64 Å². The van der Waals surface area contributed by atoms with E-state index in [0.29, 0.717) is 17.2 Å². The van der Waals surface area contributed by atoms with Gasteiger partial charge in [0, 0.05) is 19.5 Å². The van der Waals surface area contributed by atoms with Crippen molar-refractivity contribution >= 4 is 24.2 Å². The third-order valence-corrected chi connectivity index (χ3v) is 7.45. The number of ether oxygens (including phenoxy) is 1. The van der Waals surface area contributed by atoms with Crippen molar-refractivity contribution in [3.05, 3.63) is 77.5 Å². The molecule has 0 saturated heterocycles. The number of allylic oxidation sites excluding steroid dienone is 1. The van der Waals surface area contributed by atoms with Crippen LogP contribution in [0, 0.1) is 11.8 Å². The van der Waals surface area contributed by atoms with E-state index in [-0.39, 0.29) is 17.7 Å². The molecule has 5 nitrogen and oxygen atoms in total. The lowest BCUT2D eigenvalue weighted by Crippen LogP contribution is -2.29. The van der Waals surface area contributed by atoms with Crippen molar-refractivity contribution in [3.8, 4) is 11.1 Å². The van der Waals surface area contributed by atoms with Gasteiger partial charge in [-0.05, 0) is 72.1 Å². The number of aryl methyl sites for hydroxylation is 1. The lowest BCUT2D eigenvalue weighted by atomic mass is 9.75. The van der Waals surface area contributed by atoms with Gasteiger partial charge in [-0.1, -0.05) is 62.2 Å². The summed E-state index contributed by atoms with van der Waals surface area (Å²) < 4.78 is 4.90. The standard InChI is InChI=1S/C31H36N2O3/c1-4-23-15-13-22(19-28(23)25-11-8-12-26(20-25)31(35)36-3)14-16-27(24-9-6-5-7-10-24)30(34)29-17-18-33(2)21-32-29/h4,8,11-13,15,17,19-21,24,27H,1,5-7,9-10,14,16,18H2,2-3H3. The molecule has 0 N–H and O–H groups in total. The van der Waals surface area contributed by atoms with Crippen LogP contribution in [0.2, 0.25) is 0 Å². The topological polar surface area (TPSA) is 59.0 Å². The summed E-state index contributed by atoms with van der Waals surface area (Å²) in [5.74, 6) is 0.251. The molecule has 2 aromatic rings. The maximum Gasteiger partial charge on any atom is 0.337 e. The second-order valence-electron chi connectivity index (χ2n) is 9.88. The molecule has 0 amide bonds. The molecule has 0 spiro atoms. The molecule has 2 aliphatic rings. The van der Waals surface area contributed by atoms with Crippen molar-refractivity contribution in [1.82, 2.24) is 4.90 Å². The molecule has 1 heterocycles. The molecule has 1 aliphatic carbocycles.